The number of carbonyl (C=O) groups is 2. The van der Waals surface area contributed by atoms with Gasteiger partial charge in [0.1, 0.15) is 12.7 Å². The van der Waals surface area contributed by atoms with Crippen LogP contribution < -0.4 is 4.74 Å². The Kier molecular flexibility index (Phi) is 9.75. The third kappa shape index (κ3) is 9.01. The van der Waals surface area contributed by atoms with Crippen LogP contribution in [0.15, 0.2) is 12.1 Å². The third-order valence-electron chi connectivity index (χ3n) is 3.73. The van der Waals surface area contributed by atoms with E-state index in [-0.39, 0.29) is 31.4 Å². The van der Waals surface area contributed by atoms with Crippen LogP contribution in [0.5, 0.6) is 17.2 Å². The molecule has 0 saturated heterocycles. The minimum Gasteiger partial charge on any atom is -0.504 e. The Hall–Kier alpha value is -3.84. The highest BCUT2D eigenvalue weighted by Gasteiger charge is 2.20. The quantitative estimate of drug-likeness (QED) is 0.111. The van der Waals surface area contributed by atoms with Gasteiger partial charge in [0, 0.05) is 0 Å². The molecule has 0 aromatic heterocycles. The van der Waals surface area contributed by atoms with Gasteiger partial charge in [0.2, 0.25) is 5.75 Å². The summed E-state index contributed by atoms with van der Waals surface area (Å²) in [5.74, 6) is -3.89. The van der Waals surface area contributed by atoms with Gasteiger partial charge in [0.15, 0.2) is 11.5 Å². The van der Waals surface area contributed by atoms with E-state index in [4.69, 9.17) is 9.47 Å². The number of esters is 2. The van der Waals surface area contributed by atoms with Gasteiger partial charge in [-0.15, -0.1) is 20.2 Å². The summed E-state index contributed by atoms with van der Waals surface area (Å²) in [5.41, 5.74) is -0.184. The summed E-state index contributed by atoms with van der Waals surface area (Å²) in [7, 11) is 0. The predicted molar refractivity (Wildman–Crippen MR) is 99.2 cm³/mol. The maximum absolute atomic E-state index is 12.1. The number of hydrogen-bond donors (Lipinski definition) is 2. The van der Waals surface area contributed by atoms with Crippen LogP contribution in [0.25, 0.3) is 0 Å². The lowest BCUT2D eigenvalue weighted by Crippen LogP contribution is -2.24. The zero-order valence-corrected chi connectivity index (χ0v) is 16.7. The first-order valence-corrected chi connectivity index (χ1v) is 9.04. The van der Waals surface area contributed by atoms with Crippen molar-refractivity contribution in [2.24, 2.45) is 5.92 Å². The number of phenolic OH excluding ortho intramolecular Hbond substituents is 2. The van der Waals surface area contributed by atoms with Gasteiger partial charge in [-0.3, -0.25) is 4.79 Å². The first-order valence-electron chi connectivity index (χ1n) is 9.04. The van der Waals surface area contributed by atoms with Crippen LogP contribution in [-0.4, -0.2) is 51.6 Å². The Morgan fingerprint density at radius 3 is 2.35 bits per heavy atom. The van der Waals surface area contributed by atoms with E-state index >= 15 is 0 Å². The zero-order chi connectivity index (χ0) is 23.6. The van der Waals surface area contributed by atoms with E-state index in [0.29, 0.717) is 0 Å². The van der Waals surface area contributed by atoms with Crippen molar-refractivity contribution < 1.29 is 49.1 Å². The van der Waals surface area contributed by atoms with Crippen LogP contribution in [0.2, 0.25) is 0 Å². The van der Waals surface area contributed by atoms with Crippen LogP contribution in [0.3, 0.4) is 0 Å². The van der Waals surface area contributed by atoms with Crippen molar-refractivity contribution in [3.63, 3.8) is 0 Å². The third-order valence-corrected chi connectivity index (χ3v) is 3.73. The molecule has 31 heavy (non-hydrogen) atoms. The van der Waals surface area contributed by atoms with Gasteiger partial charge in [-0.25, -0.2) is 4.79 Å². The number of carbonyl (C=O) groups excluding carboxylic acids is 2. The van der Waals surface area contributed by atoms with Crippen LogP contribution >= 0.6 is 0 Å². The normalized spacial score (nSPS) is 11.5. The van der Waals surface area contributed by atoms with Crippen molar-refractivity contribution in [2.75, 3.05) is 13.2 Å². The van der Waals surface area contributed by atoms with Gasteiger partial charge < -0.3 is 29.4 Å². The van der Waals surface area contributed by atoms with Crippen LogP contribution in [0.4, 0.5) is 0 Å². The Morgan fingerprint density at radius 1 is 1.10 bits per heavy atom. The number of rotatable bonds is 13. The van der Waals surface area contributed by atoms with E-state index in [1.807, 2.05) is 0 Å². The Balaban J connectivity index is 2.58. The van der Waals surface area contributed by atoms with E-state index in [1.165, 1.54) is 0 Å². The van der Waals surface area contributed by atoms with Gasteiger partial charge in [0.05, 0.1) is 18.1 Å². The lowest BCUT2D eigenvalue weighted by Gasteiger charge is -2.13. The van der Waals surface area contributed by atoms with E-state index in [9.17, 15) is 40.0 Å². The Bertz CT molecular complexity index is 811. The molecule has 0 saturated carbocycles. The highest BCUT2D eigenvalue weighted by molar-refractivity contribution is 5.91. The largest absolute Gasteiger partial charge is 0.504 e. The fourth-order valence-electron chi connectivity index (χ4n) is 2.17. The van der Waals surface area contributed by atoms with E-state index < -0.39 is 58.0 Å². The summed E-state index contributed by atoms with van der Waals surface area (Å²) in [6, 6.07) is 1.97. The van der Waals surface area contributed by atoms with Crippen LogP contribution in [-0.2, 0) is 19.2 Å². The molecule has 0 aliphatic carbocycles. The molecule has 0 spiro atoms. The summed E-state index contributed by atoms with van der Waals surface area (Å²) in [6.45, 7) is 2.37. The summed E-state index contributed by atoms with van der Waals surface area (Å²) in [5, 5.41) is 37.9. The topological polar surface area (TPSA) is 198 Å². The minimum absolute atomic E-state index is 0.0294. The highest BCUT2D eigenvalue weighted by atomic mass is 17.0. The SMILES string of the molecule is CC(C)C(=O)Oc1cc(C(=O)OCCCCC(CO[N+](=O)[O-])O[N+](=O)[O-])cc(O)c1O. The first kappa shape index (κ1) is 25.2. The van der Waals surface area contributed by atoms with Gasteiger partial charge in [0.25, 0.3) is 10.2 Å². The second-order valence-electron chi connectivity index (χ2n) is 6.52. The maximum Gasteiger partial charge on any atom is 0.338 e. The number of aromatic hydroxyl groups is 2. The molecule has 0 fully saturated rings. The van der Waals surface area contributed by atoms with Crippen LogP contribution in [0.1, 0.15) is 43.5 Å². The van der Waals surface area contributed by atoms with Crippen molar-refractivity contribution in [1.29, 1.82) is 0 Å². The number of hydrogen-bond acceptors (Lipinski definition) is 12. The summed E-state index contributed by atoms with van der Waals surface area (Å²) in [4.78, 5) is 52.7. The second kappa shape index (κ2) is 12.0. The lowest BCUT2D eigenvalue weighted by molar-refractivity contribution is -0.790. The van der Waals surface area contributed by atoms with Crippen molar-refractivity contribution >= 4 is 11.9 Å². The summed E-state index contributed by atoms with van der Waals surface area (Å²) in [6.07, 6.45) is -0.642. The molecule has 0 heterocycles. The Morgan fingerprint density at radius 2 is 1.77 bits per heavy atom. The van der Waals surface area contributed by atoms with Crippen molar-refractivity contribution in [2.45, 2.75) is 39.2 Å². The molecule has 1 unspecified atom stereocenters. The smallest absolute Gasteiger partial charge is 0.338 e. The van der Waals surface area contributed by atoms with Crippen molar-refractivity contribution in [1.82, 2.24) is 0 Å². The number of unbranched alkanes of at least 4 members (excludes halogenated alkanes) is 1. The van der Waals surface area contributed by atoms with E-state index in [0.717, 1.165) is 12.1 Å². The van der Waals surface area contributed by atoms with Crippen molar-refractivity contribution in [3.05, 3.63) is 37.9 Å². The maximum atomic E-state index is 12.1. The molecular formula is C17H22N2O12. The van der Waals surface area contributed by atoms with Crippen molar-refractivity contribution in [3.8, 4) is 17.2 Å². The molecule has 1 aromatic rings. The molecule has 14 heteroatoms. The number of benzene rings is 1. The summed E-state index contributed by atoms with van der Waals surface area (Å²) < 4.78 is 9.94. The molecule has 0 radical (unpaired) electrons. The highest BCUT2D eigenvalue weighted by Crippen LogP contribution is 2.37. The summed E-state index contributed by atoms with van der Waals surface area (Å²) >= 11 is 0. The molecule has 2 N–H and O–H groups in total. The molecular weight excluding hydrogens is 424 g/mol. The Labute approximate surface area is 175 Å². The van der Waals surface area contributed by atoms with Gasteiger partial charge in [-0.05, 0) is 31.4 Å². The number of ether oxygens (including phenoxy) is 2. The molecule has 172 valence electrons. The molecule has 14 nitrogen and oxygen atoms in total. The average Bonchev–Trinajstić information content (AvgIpc) is 2.68. The molecule has 0 amide bonds. The molecule has 0 aliphatic heterocycles. The fourth-order valence-corrected chi connectivity index (χ4v) is 2.17. The average molecular weight is 446 g/mol. The van der Waals surface area contributed by atoms with Gasteiger partial charge in [-0.1, -0.05) is 13.8 Å². The standard InChI is InChI=1S/C17H22N2O12/c1-10(2)16(22)30-14-8-11(7-13(20)15(14)21)17(23)28-6-4-3-5-12(31-19(26)27)9-29-18(24)25/h7-8,10,12,20-21H,3-6,9H2,1-2H3. The van der Waals surface area contributed by atoms with E-state index in [2.05, 4.69) is 9.68 Å². The van der Waals surface area contributed by atoms with E-state index in [1.54, 1.807) is 13.8 Å². The van der Waals surface area contributed by atoms with Gasteiger partial charge >= 0.3 is 11.9 Å². The lowest BCUT2D eigenvalue weighted by atomic mass is 10.1. The first-order chi connectivity index (χ1) is 14.5. The monoisotopic (exact) mass is 446 g/mol. The minimum atomic E-state index is -1.16. The number of phenols is 2. The number of nitrogens with zero attached hydrogens (tertiary/aromatic N) is 2. The van der Waals surface area contributed by atoms with Gasteiger partial charge in [-0.2, -0.15) is 0 Å². The predicted octanol–water partition coefficient (Wildman–Crippen LogP) is 1.77. The fraction of sp³-hybridized carbons (Fsp3) is 0.529. The molecule has 0 aliphatic rings. The second-order valence-corrected chi connectivity index (χ2v) is 6.52. The molecule has 1 rings (SSSR count). The molecule has 1 atom stereocenters. The zero-order valence-electron chi connectivity index (χ0n) is 16.7. The molecule has 1 aromatic carbocycles. The molecule has 0 bridgehead atoms. The van der Waals surface area contributed by atoms with Crippen LogP contribution in [0, 0.1) is 26.1 Å².